The maximum Gasteiger partial charge on any atom is 0.324 e. The van der Waals surface area contributed by atoms with E-state index in [-0.39, 0.29) is 17.9 Å². The first-order valence-electron chi connectivity index (χ1n) is 7.00. The molecule has 0 amide bonds. The Hall–Kier alpha value is -1.88. The largest absolute Gasteiger partial charge is 0.465 e. The monoisotopic (exact) mass is 323 g/mol. The standard InChI is InChI=1S/C16H21NO4S/c1-4-6-7-8-15(16(18)21-5-2)17-22(19,20)14-11-9-13(3)10-12-14/h6,9-12,15,17H,1,5,7-8H2,2-3H3/t15-/m0/s1. The van der Waals surface area contributed by atoms with Gasteiger partial charge in [-0.2, -0.15) is 4.72 Å². The summed E-state index contributed by atoms with van der Waals surface area (Å²) in [4.78, 5) is 12.0. The van der Waals surface area contributed by atoms with Crippen molar-refractivity contribution in [2.45, 2.75) is 37.6 Å². The molecule has 0 aliphatic heterocycles. The maximum atomic E-state index is 12.3. The maximum absolute atomic E-state index is 12.3. The van der Waals surface area contributed by atoms with Crippen molar-refractivity contribution >= 4 is 16.0 Å². The molecule has 0 heterocycles. The molecule has 0 aliphatic rings. The summed E-state index contributed by atoms with van der Waals surface area (Å²) in [7, 11) is -3.78. The van der Waals surface area contributed by atoms with Crippen LogP contribution in [0.1, 0.15) is 25.3 Å². The van der Waals surface area contributed by atoms with E-state index in [1.165, 1.54) is 12.1 Å². The predicted molar refractivity (Wildman–Crippen MR) is 84.9 cm³/mol. The number of carbonyl (C=O) groups excluding carboxylic acids is 1. The second-order valence-corrected chi connectivity index (χ2v) is 6.44. The normalized spacial score (nSPS) is 12.3. The van der Waals surface area contributed by atoms with Crippen LogP contribution in [0, 0.1) is 6.92 Å². The molecule has 1 atom stereocenters. The molecule has 0 saturated heterocycles. The van der Waals surface area contributed by atoms with Crippen LogP contribution in [0.25, 0.3) is 0 Å². The second-order valence-electron chi connectivity index (χ2n) is 4.72. The molecule has 1 aromatic rings. The van der Waals surface area contributed by atoms with E-state index in [2.05, 4.69) is 17.0 Å². The van der Waals surface area contributed by atoms with Gasteiger partial charge in [-0.15, -0.1) is 5.73 Å². The SMILES string of the molecule is C=C=CCC[C@H](NS(=O)(=O)c1ccc(C)cc1)C(=O)OCC. The summed E-state index contributed by atoms with van der Waals surface area (Å²) in [5.41, 5.74) is 3.55. The molecule has 1 aromatic carbocycles. The Morgan fingerprint density at radius 2 is 2.05 bits per heavy atom. The fourth-order valence-corrected chi connectivity index (χ4v) is 3.01. The van der Waals surface area contributed by atoms with Crippen LogP contribution >= 0.6 is 0 Å². The number of sulfonamides is 1. The van der Waals surface area contributed by atoms with Gasteiger partial charge in [-0.05, 0) is 44.9 Å². The van der Waals surface area contributed by atoms with Crippen molar-refractivity contribution < 1.29 is 17.9 Å². The summed E-state index contributed by atoms with van der Waals surface area (Å²) in [6, 6.07) is 5.48. The summed E-state index contributed by atoms with van der Waals surface area (Å²) >= 11 is 0. The summed E-state index contributed by atoms with van der Waals surface area (Å²) in [5, 5.41) is 0. The van der Waals surface area contributed by atoms with Crippen LogP contribution in [-0.2, 0) is 19.6 Å². The smallest absolute Gasteiger partial charge is 0.324 e. The van der Waals surface area contributed by atoms with Gasteiger partial charge in [0.05, 0.1) is 11.5 Å². The molecule has 0 aromatic heterocycles. The number of hydrogen-bond donors (Lipinski definition) is 1. The minimum absolute atomic E-state index is 0.117. The Bertz CT molecular complexity index is 643. The highest BCUT2D eigenvalue weighted by Gasteiger charge is 2.26. The van der Waals surface area contributed by atoms with Gasteiger partial charge >= 0.3 is 5.97 Å². The zero-order valence-corrected chi connectivity index (χ0v) is 13.7. The topological polar surface area (TPSA) is 72.5 Å². The molecule has 6 heteroatoms. The van der Waals surface area contributed by atoms with Crippen molar-refractivity contribution in [2.24, 2.45) is 0 Å². The number of ether oxygens (including phenoxy) is 1. The van der Waals surface area contributed by atoms with E-state index in [9.17, 15) is 13.2 Å². The summed E-state index contributed by atoms with van der Waals surface area (Å²) in [6.45, 7) is 7.17. The molecule has 0 aliphatic carbocycles. The Morgan fingerprint density at radius 1 is 1.41 bits per heavy atom. The average Bonchev–Trinajstić information content (AvgIpc) is 2.47. The third-order valence-corrected chi connectivity index (χ3v) is 4.43. The van der Waals surface area contributed by atoms with Gasteiger partial charge in [-0.1, -0.05) is 24.3 Å². The second kappa shape index (κ2) is 8.54. The van der Waals surface area contributed by atoms with Gasteiger partial charge < -0.3 is 4.74 Å². The summed E-state index contributed by atoms with van der Waals surface area (Å²) in [6.07, 6.45) is 2.41. The fourth-order valence-electron chi connectivity index (χ4n) is 1.79. The predicted octanol–water partition coefficient (Wildman–Crippen LogP) is 2.33. The lowest BCUT2D eigenvalue weighted by Gasteiger charge is -2.16. The van der Waals surface area contributed by atoms with Gasteiger partial charge in [0.1, 0.15) is 6.04 Å². The first kappa shape index (κ1) is 18.2. The number of carbonyl (C=O) groups is 1. The van der Waals surface area contributed by atoms with E-state index in [1.54, 1.807) is 25.1 Å². The highest BCUT2D eigenvalue weighted by molar-refractivity contribution is 7.89. The zero-order valence-electron chi connectivity index (χ0n) is 12.8. The highest BCUT2D eigenvalue weighted by Crippen LogP contribution is 2.12. The molecule has 0 spiro atoms. The van der Waals surface area contributed by atoms with Crippen LogP contribution in [0.4, 0.5) is 0 Å². The Morgan fingerprint density at radius 3 is 2.59 bits per heavy atom. The van der Waals surface area contributed by atoms with Crippen molar-refractivity contribution in [2.75, 3.05) is 6.61 Å². The van der Waals surface area contributed by atoms with E-state index in [0.717, 1.165) is 5.56 Å². The highest BCUT2D eigenvalue weighted by atomic mass is 32.2. The Balaban J connectivity index is 2.92. The van der Waals surface area contributed by atoms with Crippen LogP contribution < -0.4 is 4.72 Å². The number of nitrogens with one attached hydrogen (secondary N) is 1. The first-order chi connectivity index (χ1) is 10.4. The van der Waals surface area contributed by atoms with E-state index >= 15 is 0 Å². The van der Waals surface area contributed by atoms with E-state index in [1.807, 2.05) is 6.92 Å². The lowest BCUT2D eigenvalue weighted by Crippen LogP contribution is -2.41. The zero-order chi connectivity index (χ0) is 16.6. The molecular formula is C16H21NO4S. The molecule has 0 fully saturated rings. The number of aryl methyl sites for hydroxylation is 1. The Labute approximate surface area is 131 Å². The molecule has 0 radical (unpaired) electrons. The van der Waals surface area contributed by atoms with E-state index < -0.39 is 22.0 Å². The average molecular weight is 323 g/mol. The number of esters is 1. The molecule has 1 rings (SSSR count). The van der Waals surface area contributed by atoms with Gasteiger partial charge in [0, 0.05) is 0 Å². The molecule has 0 saturated carbocycles. The number of allylic oxidation sites excluding steroid dienone is 1. The molecule has 0 bridgehead atoms. The van der Waals surface area contributed by atoms with Crippen molar-refractivity contribution in [1.82, 2.24) is 4.72 Å². The van der Waals surface area contributed by atoms with Crippen molar-refractivity contribution in [3.8, 4) is 0 Å². The van der Waals surface area contributed by atoms with E-state index in [4.69, 9.17) is 4.74 Å². The molecule has 0 unspecified atom stereocenters. The van der Waals surface area contributed by atoms with Gasteiger partial charge in [-0.25, -0.2) is 8.42 Å². The van der Waals surface area contributed by atoms with Crippen molar-refractivity contribution in [3.63, 3.8) is 0 Å². The third kappa shape index (κ3) is 5.48. The van der Waals surface area contributed by atoms with Crippen molar-refractivity contribution in [3.05, 3.63) is 48.2 Å². The molecule has 1 N–H and O–H groups in total. The van der Waals surface area contributed by atoms with Gasteiger partial charge in [0.25, 0.3) is 0 Å². The van der Waals surface area contributed by atoms with Gasteiger partial charge in [0.2, 0.25) is 10.0 Å². The van der Waals surface area contributed by atoms with Crippen LogP contribution in [0.3, 0.4) is 0 Å². The van der Waals surface area contributed by atoms with E-state index in [0.29, 0.717) is 6.42 Å². The number of hydrogen-bond acceptors (Lipinski definition) is 4. The van der Waals surface area contributed by atoms with Crippen LogP contribution in [-0.4, -0.2) is 27.0 Å². The summed E-state index contributed by atoms with van der Waals surface area (Å²) in [5.74, 6) is -0.587. The number of benzene rings is 1. The molecule has 22 heavy (non-hydrogen) atoms. The quantitative estimate of drug-likeness (QED) is 0.589. The third-order valence-electron chi connectivity index (χ3n) is 2.94. The number of rotatable bonds is 8. The summed E-state index contributed by atoms with van der Waals surface area (Å²) < 4.78 is 32.0. The minimum atomic E-state index is -3.78. The molecule has 120 valence electrons. The lowest BCUT2D eigenvalue weighted by molar-refractivity contribution is -0.145. The minimum Gasteiger partial charge on any atom is -0.465 e. The van der Waals surface area contributed by atoms with Crippen LogP contribution in [0.5, 0.6) is 0 Å². The first-order valence-corrected chi connectivity index (χ1v) is 8.49. The van der Waals surface area contributed by atoms with Crippen molar-refractivity contribution in [1.29, 1.82) is 0 Å². The molecule has 5 nitrogen and oxygen atoms in total. The van der Waals surface area contributed by atoms with Crippen LogP contribution in [0.15, 0.2) is 47.5 Å². The Kier molecular flexibility index (Phi) is 7.05. The molecular weight excluding hydrogens is 302 g/mol. The van der Waals surface area contributed by atoms with Crippen LogP contribution in [0.2, 0.25) is 0 Å². The van der Waals surface area contributed by atoms with Gasteiger partial charge in [0.15, 0.2) is 0 Å². The van der Waals surface area contributed by atoms with Gasteiger partial charge in [-0.3, -0.25) is 4.79 Å². The lowest BCUT2D eigenvalue weighted by atomic mass is 10.2. The fraction of sp³-hybridized carbons (Fsp3) is 0.375.